The molecule has 36 heavy (non-hydrogen) atoms. The summed E-state index contributed by atoms with van der Waals surface area (Å²) in [6.45, 7) is 10.6. The van der Waals surface area contributed by atoms with E-state index in [1.165, 1.54) is 0 Å². The fourth-order valence-electron chi connectivity index (χ4n) is 4.36. The Balaban J connectivity index is 1.52. The van der Waals surface area contributed by atoms with Gasteiger partial charge in [-0.25, -0.2) is 9.78 Å². The van der Waals surface area contributed by atoms with E-state index in [0.29, 0.717) is 19.5 Å². The van der Waals surface area contributed by atoms with E-state index in [9.17, 15) is 9.59 Å². The molecule has 2 amide bonds. The highest BCUT2D eigenvalue weighted by molar-refractivity contribution is 5.88. The highest BCUT2D eigenvalue weighted by Gasteiger charge is 2.26. The smallest absolute Gasteiger partial charge is 0.408 e. The van der Waals surface area contributed by atoms with Crippen molar-refractivity contribution in [3.05, 3.63) is 66.6 Å². The number of rotatable bonds is 8. The fourth-order valence-corrected chi connectivity index (χ4v) is 4.36. The van der Waals surface area contributed by atoms with E-state index in [0.717, 1.165) is 27.5 Å². The van der Waals surface area contributed by atoms with E-state index in [2.05, 4.69) is 52.4 Å². The second kappa shape index (κ2) is 10.4. The molecule has 0 aliphatic heterocycles. The number of amides is 2. The Morgan fingerprint density at radius 1 is 1.03 bits per heavy atom. The van der Waals surface area contributed by atoms with Crippen LogP contribution in [0, 0.1) is 0 Å². The van der Waals surface area contributed by atoms with Gasteiger partial charge in [-0.2, -0.15) is 0 Å². The maximum Gasteiger partial charge on any atom is 0.408 e. The van der Waals surface area contributed by atoms with Gasteiger partial charge in [-0.05, 0) is 58.4 Å². The van der Waals surface area contributed by atoms with Crippen LogP contribution >= 0.6 is 0 Å². The van der Waals surface area contributed by atoms with Crippen LogP contribution in [0.25, 0.3) is 21.9 Å². The van der Waals surface area contributed by atoms with Crippen LogP contribution < -0.4 is 10.6 Å². The number of fused-ring (bicyclic) bond motifs is 2. The van der Waals surface area contributed by atoms with Crippen molar-refractivity contribution in [3.63, 3.8) is 0 Å². The van der Waals surface area contributed by atoms with Crippen molar-refractivity contribution < 1.29 is 14.3 Å². The third-order valence-corrected chi connectivity index (χ3v) is 5.99. The Kier molecular flexibility index (Phi) is 7.33. The zero-order valence-electron chi connectivity index (χ0n) is 21.6. The molecule has 190 valence electrons. The number of alkyl carbamates (subject to hydrolysis) is 1. The molecule has 0 aliphatic carbocycles. The van der Waals surface area contributed by atoms with Crippen LogP contribution in [-0.2, 0) is 22.5 Å². The molecule has 2 aromatic heterocycles. The molecule has 2 N–H and O–H groups in total. The summed E-state index contributed by atoms with van der Waals surface area (Å²) in [6, 6.07) is 15.5. The van der Waals surface area contributed by atoms with Gasteiger partial charge in [0.2, 0.25) is 5.91 Å². The minimum atomic E-state index is -0.786. The predicted molar refractivity (Wildman–Crippen MR) is 142 cm³/mol. The molecule has 1 atom stereocenters. The van der Waals surface area contributed by atoms with Gasteiger partial charge in [0.15, 0.2) is 0 Å². The van der Waals surface area contributed by atoms with Gasteiger partial charge >= 0.3 is 6.09 Å². The first-order valence-electron chi connectivity index (χ1n) is 12.4. The molecular formula is C28H35N5O3. The maximum atomic E-state index is 13.3. The van der Waals surface area contributed by atoms with Gasteiger partial charge in [0.1, 0.15) is 11.6 Å². The first-order valence-corrected chi connectivity index (χ1v) is 12.4. The molecule has 4 rings (SSSR count). The second-order valence-corrected chi connectivity index (χ2v) is 10.3. The molecule has 0 radical (unpaired) electrons. The molecular weight excluding hydrogens is 454 g/mol. The molecule has 0 fully saturated rings. The zero-order valence-corrected chi connectivity index (χ0v) is 21.6. The van der Waals surface area contributed by atoms with Crippen LogP contribution in [0.2, 0.25) is 0 Å². The number of para-hydroxylation sites is 3. The van der Waals surface area contributed by atoms with Gasteiger partial charge in [-0.1, -0.05) is 30.3 Å². The number of nitrogens with zero attached hydrogens (tertiary/aromatic N) is 3. The molecule has 0 unspecified atom stereocenters. The van der Waals surface area contributed by atoms with E-state index in [-0.39, 0.29) is 11.9 Å². The topological polar surface area (TPSA) is 90.2 Å². The van der Waals surface area contributed by atoms with E-state index in [1.54, 1.807) is 27.1 Å². The average molecular weight is 490 g/mol. The molecule has 0 aliphatic rings. The Labute approximate surface area is 211 Å². The lowest BCUT2D eigenvalue weighted by Crippen LogP contribution is -2.49. The molecule has 0 saturated carbocycles. The molecule has 2 heterocycles. The molecule has 2 aromatic carbocycles. The number of benzene rings is 2. The maximum absolute atomic E-state index is 13.3. The standard InChI is InChI=1S/C28H35N5O3/c1-19(2)33-17-20(21-10-6-8-12-24(21)33)16-23(31-27(35)36-28(3,4)5)26(34)29-14-15-32-18-30-22-11-7-9-13-25(22)32/h6-13,17-19,23H,14-16H2,1-5H3,(H,29,34)(H,31,35)/t23-/m1/s1. The summed E-state index contributed by atoms with van der Waals surface area (Å²) >= 11 is 0. The summed E-state index contributed by atoms with van der Waals surface area (Å²) in [5, 5.41) is 6.85. The first kappa shape index (κ1) is 25.3. The number of nitrogens with one attached hydrogen (secondary N) is 2. The molecule has 4 aromatic rings. The Hall–Kier alpha value is -3.81. The molecule has 0 bridgehead atoms. The van der Waals surface area contributed by atoms with Crippen molar-refractivity contribution in [2.24, 2.45) is 0 Å². The average Bonchev–Trinajstić information content (AvgIpc) is 3.39. The van der Waals surface area contributed by atoms with Crippen LogP contribution in [-0.4, -0.2) is 44.3 Å². The Morgan fingerprint density at radius 3 is 2.44 bits per heavy atom. The van der Waals surface area contributed by atoms with Crippen molar-refractivity contribution >= 4 is 33.9 Å². The van der Waals surface area contributed by atoms with Crippen molar-refractivity contribution in [1.29, 1.82) is 0 Å². The minimum absolute atomic E-state index is 0.258. The van der Waals surface area contributed by atoms with Gasteiger partial charge in [-0.15, -0.1) is 0 Å². The van der Waals surface area contributed by atoms with Gasteiger partial charge in [0.25, 0.3) is 0 Å². The summed E-state index contributed by atoms with van der Waals surface area (Å²) < 4.78 is 9.64. The number of ether oxygens (including phenoxy) is 1. The van der Waals surface area contributed by atoms with Crippen LogP contribution in [0.15, 0.2) is 61.1 Å². The second-order valence-electron chi connectivity index (χ2n) is 10.3. The minimum Gasteiger partial charge on any atom is -0.444 e. The van der Waals surface area contributed by atoms with Crippen LogP contribution in [0.5, 0.6) is 0 Å². The number of carbonyl (C=O) groups excluding carboxylic acids is 2. The lowest BCUT2D eigenvalue weighted by atomic mass is 10.0. The van der Waals surface area contributed by atoms with E-state index in [1.807, 2.05) is 41.0 Å². The molecule has 0 saturated heterocycles. The molecule has 8 nitrogen and oxygen atoms in total. The largest absolute Gasteiger partial charge is 0.444 e. The monoisotopic (exact) mass is 489 g/mol. The van der Waals surface area contributed by atoms with E-state index < -0.39 is 17.7 Å². The molecule has 0 spiro atoms. The quantitative estimate of drug-likeness (QED) is 0.371. The number of hydrogen-bond donors (Lipinski definition) is 2. The summed E-state index contributed by atoms with van der Waals surface area (Å²) in [5.74, 6) is -0.258. The fraction of sp³-hybridized carbons (Fsp3) is 0.393. The van der Waals surface area contributed by atoms with Crippen LogP contribution in [0.4, 0.5) is 4.79 Å². The zero-order chi connectivity index (χ0) is 25.9. The highest BCUT2D eigenvalue weighted by atomic mass is 16.6. The van der Waals surface area contributed by atoms with Crippen molar-refractivity contribution in [2.45, 2.75) is 65.3 Å². The third kappa shape index (κ3) is 5.87. The Morgan fingerprint density at radius 2 is 1.72 bits per heavy atom. The summed E-state index contributed by atoms with van der Waals surface area (Å²) in [4.78, 5) is 30.3. The van der Waals surface area contributed by atoms with Gasteiger partial charge in [-0.3, -0.25) is 4.79 Å². The normalized spacial score (nSPS) is 12.7. The molecule has 8 heteroatoms. The first-order chi connectivity index (χ1) is 17.1. The van der Waals surface area contributed by atoms with Crippen molar-refractivity contribution in [1.82, 2.24) is 24.8 Å². The Bertz CT molecular complexity index is 1360. The lowest BCUT2D eigenvalue weighted by molar-refractivity contribution is -0.123. The van der Waals surface area contributed by atoms with E-state index >= 15 is 0 Å². The lowest BCUT2D eigenvalue weighted by Gasteiger charge is -2.23. The number of hydrogen-bond acceptors (Lipinski definition) is 4. The van der Waals surface area contributed by atoms with Gasteiger partial charge in [0, 0.05) is 42.7 Å². The number of imidazole rings is 1. The summed E-state index contributed by atoms with van der Waals surface area (Å²) in [6.07, 6.45) is 3.58. The van der Waals surface area contributed by atoms with Gasteiger partial charge in [0.05, 0.1) is 17.4 Å². The van der Waals surface area contributed by atoms with Crippen LogP contribution in [0.1, 0.15) is 46.2 Å². The van der Waals surface area contributed by atoms with Crippen molar-refractivity contribution in [2.75, 3.05) is 6.54 Å². The van der Waals surface area contributed by atoms with Crippen molar-refractivity contribution in [3.8, 4) is 0 Å². The van der Waals surface area contributed by atoms with Crippen LogP contribution in [0.3, 0.4) is 0 Å². The van der Waals surface area contributed by atoms with E-state index in [4.69, 9.17) is 4.74 Å². The van der Waals surface area contributed by atoms with Gasteiger partial charge < -0.3 is 24.5 Å². The number of aromatic nitrogens is 3. The highest BCUT2D eigenvalue weighted by Crippen LogP contribution is 2.26. The number of carbonyl (C=O) groups is 2. The SMILES string of the molecule is CC(C)n1cc(C[C@@H](NC(=O)OC(C)(C)C)C(=O)NCCn2cnc3ccccc32)c2ccccc21. The summed E-state index contributed by atoms with van der Waals surface area (Å²) in [5.41, 5.74) is 3.36. The predicted octanol–water partition coefficient (Wildman–Crippen LogP) is 4.82. The summed E-state index contributed by atoms with van der Waals surface area (Å²) in [7, 11) is 0. The third-order valence-electron chi connectivity index (χ3n) is 5.99.